The quantitative estimate of drug-likeness (QED) is 0.0166. The van der Waals surface area contributed by atoms with E-state index in [1.165, 1.54) is 28.0 Å². The minimum absolute atomic E-state index is 0. The Kier molecular flexibility index (Phi) is 19.7. The number of nitrogens with one attached hydrogen (secondary N) is 2. The van der Waals surface area contributed by atoms with Crippen molar-refractivity contribution in [1.29, 1.82) is 0 Å². The van der Waals surface area contributed by atoms with E-state index in [9.17, 15) is 46.4 Å². The van der Waals surface area contributed by atoms with Gasteiger partial charge < -0.3 is 55.7 Å². The Bertz CT molecular complexity index is 2790. The van der Waals surface area contributed by atoms with Crippen LogP contribution in [0.15, 0.2) is 101 Å². The van der Waals surface area contributed by atoms with Crippen LogP contribution in [0.2, 0.25) is 0 Å². The summed E-state index contributed by atoms with van der Waals surface area (Å²) in [7, 11) is -10.6. The number of hydrogen-bond donors (Lipinski definition) is 7. The van der Waals surface area contributed by atoms with Crippen molar-refractivity contribution in [2.24, 2.45) is 0 Å². The Hall–Kier alpha value is -4.70. The number of hydrogen-bond acceptors (Lipinski definition) is 21. The van der Waals surface area contributed by atoms with Crippen molar-refractivity contribution in [2.75, 3.05) is 78.8 Å². The molecule has 25 heteroatoms. The first kappa shape index (κ1) is 52.9. The van der Waals surface area contributed by atoms with Gasteiger partial charge in [0.2, 0.25) is 23.8 Å². The Morgan fingerprint density at radius 1 is 0.554 bits per heavy atom. The van der Waals surface area contributed by atoms with Crippen LogP contribution < -0.4 is 85.3 Å². The first-order valence-corrected chi connectivity index (χ1v) is 21.8. The molecule has 65 heavy (non-hydrogen) atoms. The van der Waals surface area contributed by atoms with Gasteiger partial charge in [0.05, 0.1) is 36.2 Å². The molecule has 0 bridgehead atoms. The summed E-state index contributed by atoms with van der Waals surface area (Å²) < 4.78 is 76.7. The zero-order chi connectivity index (χ0) is 45.1. The number of benzene rings is 4. The third kappa shape index (κ3) is 14.2. The second-order valence-corrected chi connectivity index (χ2v) is 16.1. The third-order valence-corrected chi connectivity index (χ3v) is 10.8. The van der Waals surface area contributed by atoms with Gasteiger partial charge >= 0.3 is 59.1 Å². The second-order valence-electron chi connectivity index (χ2n) is 13.4. The van der Waals surface area contributed by atoms with Gasteiger partial charge in [-0.25, -0.2) is 16.8 Å². The number of nitrogens with zero attached hydrogens (tertiary/aromatic N) is 8. The predicted octanol–water partition coefficient (Wildman–Crippen LogP) is -3.97. The minimum Gasteiger partial charge on any atom is -0.744 e. The van der Waals surface area contributed by atoms with Crippen molar-refractivity contribution >= 4 is 73.2 Å². The molecule has 8 N–H and O–H groups in total. The summed E-state index contributed by atoms with van der Waals surface area (Å²) in [5, 5.41) is 44.7. The minimum atomic E-state index is -5.31. The van der Waals surface area contributed by atoms with Crippen LogP contribution in [0.1, 0.15) is 11.1 Å². The Balaban J connectivity index is 0.00000462. The van der Waals surface area contributed by atoms with E-state index in [0.29, 0.717) is 11.4 Å². The molecule has 2 aromatic heterocycles. The zero-order valence-electron chi connectivity index (χ0n) is 35.2. The van der Waals surface area contributed by atoms with Crippen molar-refractivity contribution in [3.8, 4) is 22.8 Å². The normalized spacial score (nSPS) is 11.4. The SMILES string of the molecule is Nc1cc(-c2nc(Nc3ccccc3)nc(N(CCO)CCO)n2)cc(S(=O)(=O)[O-])c1C=Cc1ccc(-c2nc(Nc3ccccc3)nc(N(CCO)CCO)n2)cc1S(=O)(=O)[O-].[Na+].[Na+]. The van der Waals surface area contributed by atoms with Gasteiger partial charge in [0.25, 0.3) is 0 Å². The number of rotatable bonds is 20. The van der Waals surface area contributed by atoms with Crippen molar-refractivity contribution in [3.63, 3.8) is 0 Å². The summed E-state index contributed by atoms with van der Waals surface area (Å²) in [6, 6.07) is 23.5. The fraction of sp³-hybridized carbons (Fsp3) is 0.200. The fourth-order valence-corrected chi connectivity index (χ4v) is 7.58. The molecular formula is C40H41N11Na2O10S2. The summed E-state index contributed by atoms with van der Waals surface area (Å²) in [5.74, 6) is -0.189. The van der Waals surface area contributed by atoms with Gasteiger partial charge in [-0.3, -0.25) is 0 Å². The maximum atomic E-state index is 12.8. The van der Waals surface area contributed by atoms with Gasteiger partial charge in [-0.15, -0.1) is 0 Å². The van der Waals surface area contributed by atoms with Crippen LogP contribution in [0.3, 0.4) is 0 Å². The average molecular weight is 946 g/mol. The van der Waals surface area contributed by atoms with Gasteiger partial charge in [0, 0.05) is 59.9 Å². The molecule has 6 rings (SSSR count). The maximum absolute atomic E-state index is 12.8. The van der Waals surface area contributed by atoms with Crippen LogP contribution >= 0.6 is 0 Å². The molecule has 2 heterocycles. The average Bonchev–Trinajstić information content (AvgIpc) is 3.25. The monoisotopic (exact) mass is 945 g/mol. The van der Waals surface area contributed by atoms with E-state index >= 15 is 0 Å². The summed E-state index contributed by atoms with van der Waals surface area (Å²) in [6.07, 6.45) is 2.17. The van der Waals surface area contributed by atoms with E-state index in [1.54, 1.807) is 60.7 Å². The van der Waals surface area contributed by atoms with Gasteiger partial charge in [0.1, 0.15) is 20.2 Å². The molecule has 0 saturated carbocycles. The smallest absolute Gasteiger partial charge is 0.744 e. The number of aliphatic hydroxyl groups excluding tert-OH is 4. The zero-order valence-corrected chi connectivity index (χ0v) is 40.8. The molecule has 0 aliphatic carbocycles. The second kappa shape index (κ2) is 24.2. The van der Waals surface area contributed by atoms with Gasteiger partial charge in [-0.2, -0.15) is 29.9 Å². The van der Waals surface area contributed by atoms with Crippen molar-refractivity contribution in [2.45, 2.75) is 9.79 Å². The summed E-state index contributed by atoms with van der Waals surface area (Å²) in [4.78, 5) is 27.9. The molecule has 0 saturated heterocycles. The van der Waals surface area contributed by atoms with Crippen LogP contribution in [0, 0.1) is 0 Å². The molecule has 0 spiro atoms. The number of aliphatic hydroxyl groups is 4. The molecule has 0 unspecified atom stereocenters. The van der Waals surface area contributed by atoms with Crippen molar-refractivity contribution < 1.29 is 105 Å². The van der Waals surface area contributed by atoms with E-state index in [4.69, 9.17) is 5.73 Å². The topological polar surface area (TPSA) is 329 Å². The van der Waals surface area contributed by atoms with Crippen LogP contribution in [0.4, 0.5) is 40.9 Å². The largest absolute Gasteiger partial charge is 1.00 e. The number of nitrogens with two attached hydrogens (primary N) is 1. The number of nitrogen functional groups attached to an aromatic ring is 1. The van der Waals surface area contributed by atoms with Gasteiger partial charge in [0.15, 0.2) is 11.6 Å². The first-order valence-electron chi connectivity index (χ1n) is 19.0. The third-order valence-electron chi connectivity index (χ3n) is 9.02. The molecule has 0 atom stereocenters. The molecule has 0 aliphatic heterocycles. The molecular weight excluding hydrogens is 905 g/mol. The molecule has 0 fully saturated rings. The Labute approximate surface area is 418 Å². The van der Waals surface area contributed by atoms with Gasteiger partial charge in [-0.05, 0) is 48.0 Å². The standard InChI is InChI=1S/C40H43N11O10S2.2Na/c41-32-23-28(36-45-38(43-30-9-5-2-6-10-30)49-40(47-36)51(17-21-54)18-22-55)25-34(63(59,60)61)31(32)14-13-26-11-12-27(24-33(26)62(56,57)58)35-44-37(42-29-7-3-1-4-8-29)48-39(46-35)50(15-19-52)16-20-53;;/h1-14,23-25,52-55H,15-22,41H2,(H,56,57,58)(H,59,60,61)(H,42,44,46,48)(H,43,45,47,49);;/q;2*+1/p-2. The Morgan fingerprint density at radius 2 is 0.985 bits per heavy atom. The van der Waals surface area contributed by atoms with E-state index in [1.807, 2.05) is 0 Å². The number of para-hydroxylation sites is 2. The first-order chi connectivity index (χ1) is 30.2. The van der Waals surface area contributed by atoms with Crippen LogP contribution in [-0.4, -0.2) is 129 Å². The molecule has 21 nitrogen and oxygen atoms in total. The fourth-order valence-electron chi connectivity index (χ4n) is 6.15. The van der Waals surface area contributed by atoms with Crippen LogP contribution in [0.5, 0.6) is 0 Å². The van der Waals surface area contributed by atoms with E-state index in [0.717, 1.165) is 24.3 Å². The Morgan fingerprint density at radius 3 is 1.42 bits per heavy atom. The van der Waals surface area contributed by atoms with Crippen molar-refractivity contribution in [3.05, 3.63) is 102 Å². The summed E-state index contributed by atoms with van der Waals surface area (Å²) in [5.41, 5.74) is 6.77. The summed E-state index contributed by atoms with van der Waals surface area (Å²) in [6.45, 7) is -1.19. The number of anilines is 7. The van der Waals surface area contributed by atoms with Crippen LogP contribution in [-0.2, 0) is 20.2 Å². The summed E-state index contributed by atoms with van der Waals surface area (Å²) >= 11 is 0. The molecule has 0 amide bonds. The molecule has 6 aromatic rings. The van der Waals surface area contributed by atoms with E-state index in [2.05, 4.69) is 40.5 Å². The van der Waals surface area contributed by atoms with E-state index < -0.39 is 30.0 Å². The van der Waals surface area contributed by atoms with Crippen LogP contribution in [0.25, 0.3) is 34.9 Å². The molecule has 4 aromatic carbocycles. The molecule has 330 valence electrons. The molecule has 0 aliphatic rings. The van der Waals surface area contributed by atoms with E-state index in [-0.39, 0.29) is 175 Å². The van der Waals surface area contributed by atoms with Crippen molar-refractivity contribution in [1.82, 2.24) is 29.9 Å². The maximum Gasteiger partial charge on any atom is 1.00 e. The number of aromatic nitrogens is 6. The predicted molar refractivity (Wildman–Crippen MR) is 232 cm³/mol. The van der Waals surface area contributed by atoms with Gasteiger partial charge in [-0.1, -0.05) is 60.7 Å². The molecule has 0 radical (unpaired) electrons.